The van der Waals surface area contributed by atoms with E-state index in [1.165, 1.54) is 19.1 Å². The molecule has 1 amide bonds. The second-order valence-corrected chi connectivity index (χ2v) is 6.22. The average Bonchev–Trinajstić information content (AvgIpc) is 2.56. The van der Waals surface area contributed by atoms with Crippen molar-refractivity contribution in [3.05, 3.63) is 69.9 Å². The van der Waals surface area contributed by atoms with Gasteiger partial charge >= 0.3 is 6.09 Å². The number of rotatable bonds is 5. The molecule has 0 saturated carbocycles. The number of ether oxygens (including phenoxy) is 1. The van der Waals surface area contributed by atoms with Crippen LogP contribution in [-0.2, 0) is 16.9 Å². The van der Waals surface area contributed by atoms with Crippen LogP contribution >= 0.6 is 15.9 Å². The molecule has 0 aliphatic rings. The maximum Gasteiger partial charge on any atom is 0.408 e. The van der Waals surface area contributed by atoms with E-state index in [1.807, 2.05) is 30.3 Å². The fourth-order valence-electron chi connectivity index (χ4n) is 2.10. The highest BCUT2D eigenvalue weighted by molar-refractivity contribution is 9.10. The van der Waals surface area contributed by atoms with Crippen LogP contribution in [0, 0.1) is 5.82 Å². The topological polar surface area (TPSA) is 58.6 Å². The number of aliphatic hydroxyl groups is 1. The molecule has 23 heavy (non-hydrogen) atoms. The number of nitrogens with one attached hydrogen (secondary N) is 1. The number of alkyl carbamates (subject to hydrolysis) is 1. The Hall–Kier alpha value is -1.92. The molecule has 4 nitrogen and oxygen atoms in total. The van der Waals surface area contributed by atoms with Crippen LogP contribution in [0.15, 0.2) is 53.0 Å². The minimum Gasteiger partial charge on any atom is -0.445 e. The zero-order chi connectivity index (χ0) is 16.9. The lowest BCUT2D eigenvalue weighted by Crippen LogP contribution is -2.47. The average molecular weight is 382 g/mol. The third kappa shape index (κ3) is 4.53. The maximum atomic E-state index is 14.0. The second-order valence-electron chi connectivity index (χ2n) is 5.30. The van der Waals surface area contributed by atoms with Gasteiger partial charge in [-0.3, -0.25) is 0 Å². The minimum absolute atomic E-state index is 0.0924. The first kappa shape index (κ1) is 17.4. The Kier molecular flexibility index (Phi) is 5.74. The third-order valence-electron chi connectivity index (χ3n) is 3.43. The minimum atomic E-state index is -1.29. The van der Waals surface area contributed by atoms with Crippen molar-refractivity contribution in [3.63, 3.8) is 0 Å². The van der Waals surface area contributed by atoms with Crippen molar-refractivity contribution in [3.8, 4) is 0 Å². The first-order chi connectivity index (χ1) is 10.9. The Morgan fingerprint density at radius 2 is 2.00 bits per heavy atom. The van der Waals surface area contributed by atoms with Gasteiger partial charge in [-0.2, -0.15) is 0 Å². The first-order valence-electron chi connectivity index (χ1n) is 7.00. The van der Waals surface area contributed by atoms with E-state index < -0.39 is 24.1 Å². The fraction of sp³-hybridized carbons (Fsp3) is 0.235. The van der Waals surface area contributed by atoms with Crippen LogP contribution in [-0.4, -0.2) is 17.8 Å². The van der Waals surface area contributed by atoms with Crippen LogP contribution in [0.25, 0.3) is 0 Å². The van der Waals surface area contributed by atoms with Crippen molar-refractivity contribution < 1.29 is 19.0 Å². The predicted molar refractivity (Wildman–Crippen MR) is 88.3 cm³/mol. The second kappa shape index (κ2) is 7.57. The summed E-state index contributed by atoms with van der Waals surface area (Å²) in [4.78, 5) is 12.0. The van der Waals surface area contributed by atoms with Gasteiger partial charge in [0.05, 0.1) is 12.1 Å². The summed E-state index contributed by atoms with van der Waals surface area (Å²) in [5, 5.41) is 12.2. The van der Waals surface area contributed by atoms with Crippen molar-refractivity contribution in [2.75, 3.05) is 6.61 Å². The summed E-state index contributed by atoms with van der Waals surface area (Å²) in [6.45, 7) is 1.15. The third-order valence-corrected chi connectivity index (χ3v) is 3.92. The van der Waals surface area contributed by atoms with E-state index in [0.717, 1.165) is 5.56 Å². The van der Waals surface area contributed by atoms with E-state index in [-0.39, 0.29) is 12.2 Å². The lowest BCUT2D eigenvalue weighted by atomic mass is 9.92. The van der Waals surface area contributed by atoms with Gasteiger partial charge in [-0.15, -0.1) is 0 Å². The first-order valence-corrected chi connectivity index (χ1v) is 7.79. The number of aliphatic hydroxyl groups excluding tert-OH is 1. The van der Waals surface area contributed by atoms with Crippen molar-refractivity contribution >= 4 is 22.0 Å². The number of benzene rings is 2. The van der Waals surface area contributed by atoms with Gasteiger partial charge in [0.15, 0.2) is 0 Å². The number of amides is 1. The van der Waals surface area contributed by atoms with E-state index in [2.05, 4.69) is 21.2 Å². The standard InChI is InChI=1S/C17H17BrFNO3/c1-17(11-21,14-9-13(18)7-8-15(14)19)20-16(22)23-10-12-5-3-2-4-6-12/h2-9,21H,10-11H2,1H3,(H,20,22)/t17-/m0/s1. The summed E-state index contributed by atoms with van der Waals surface area (Å²) in [5.74, 6) is -0.520. The lowest BCUT2D eigenvalue weighted by molar-refractivity contribution is 0.110. The number of carbonyl (C=O) groups is 1. The number of hydrogen-bond acceptors (Lipinski definition) is 3. The molecule has 0 bridgehead atoms. The van der Waals surface area contributed by atoms with E-state index in [4.69, 9.17) is 4.74 Å². The molecule has 122 valence electrons. The highest BCUT2D eigenvalue weighted by atomic mass is 79.9. The Morgan fingerprint density at radius 1 is 1.30 bits per heavy atom. The van der Waals surface area contributed by atoms with Crippen LogP contribution in [0.4, 0.5) is 9.18 Å². The molecule has 0 saturated heterocycles. The highest BCUT2D eigenvalue weighted by Crippen LogP contribution is 2.26. The van der Waals surface area contributed by atoms with Gasteiger partial charge in [0, 0.05) is 10.0 Å². The van der Waals surface area contributed by atoms with Gasteiger partial charge in [-0.25, -0.2) is 9.18 Å². The largest absolute Gasteiger partial charge is 0.445 e. The van der Waals surface area contributed by atoms with Gasteiger partial charge in [-0.05, 0) is 30.7 Å². The van der Waals surface area contributed by atoms with Crippen molar-refractivity contribution in [1.82, 2.24) is 5.32 Å². The number of carbonyl (C=O) groups excluding carboxylic acids is 1. The summed E-state index contributed by atoms with van der Waals surface area (Å²) in [6, 6.07) is 13.5. The molecule has 2 N–H and O–H groups in total. The molecule has 0 fully saturated rings. The molecule has 0 aliphatic heterocycles. The number of halogens is 2. The van der Waals surface area contributed by atoms with Crippen LogP contribution < -0.4 is 5.32 Å². The van der Waals surface area contributed by atoms with Crippen molar-refractivity contribution in [1.29, 1.82) is 0 Å². The summed E-state index contributed by atoms with van der Waals surface area (Å²) in [7, 11) is 0. The van der Waals surface area contributed by atoms with Gasteiger partial charge in [-0.1, -0.05) is 46.3 Å². The molecular formula is C17H17BrFNO3. The van der Waals surface area contributed by atoms with Gasteiger partial charge < -0.3 is 15.2 Å². The number of hydrogen-bond donors (Lipinski definition) is 2. The van der Waals surface area contributed by atoms with E-state index >= 15 is 0 Å². The molecule has 0 unspecified atom stereocenters. The van der Waals surface area contributed by atoms with Crippen LogP contribution in [0.3, 0.4) is 0 Å². The van der Waals surface area contributed by atoms with E-state index in [9.17, 15) is 14.3 Å². The SMILES string of the molecule is C[C@@](CO)(NC(=O)OCc1ccccc1)c1cc(Br)ccc1F. The monoisotopic (exact) mass is 381 g/mol. The summed E-state index contributed by atoms with van der Waals surface area (Å²) < 4.78 is 19.8. The summed E-state index contributed by atoms with van der Waals surface area (Å²) in [6.07, 6.45) is -0.732. The molecule has 0 heterocycles. The van der Waals surface area contributed by atoms with E-state index in [0.29, 0.717) is 4.47 Å². The molecule has 2 aromatic rings. The summed E-state index contributed by atoms with van der Waals surface area (Å²) in [5.41, 5.74) is -0.283. The Morgan fingerprint density at radius 3 is 2.65 bits per heavy atom. The predicted octanol–water partition coefficient (Wildman–Crippen LogP) is 3.72. The Balaban J connectivity index is 2.08. The normalized spacial score (nSPS) is 13.2. The smallest absolute Gasteiger partial charge is 0.408 e. The quantitative estimate of drug-likeness (QED) is 0.829. The fourth-order valence-corrected chi connectivity index (χ4v) is 2.46. The van der Waals surface area contributed by atoms with Crippen molar-refractivity contribution in [2.45, 2.75) is 19.1 Å². The molecular weight excluding hydrogens is 365 g/mol. The molecule has 6 heteroatoms. The zero-order valence-electron chi connectivity index (χ0n) is 12.6. The molecule has 0 radical (unpaired) electrons. The van der Waals surface area contributed by atoms with Crippen molar-refractivity contribution in [2.24, 2.45) is 0 Å². The zero-order valence-corrected chi connectivity index (χ0v) is 14.1. The molecule has 1 atom stereocenters. The van der Waals surface area contributed by atoms with Gasteiger partial charge in [0.2, 0.25) is 0 Å². The van der Waals surface area contributed by atoms with E-state index in [1.54, 1.807) is 6.07 Å². The molecule has 2 aromatic carbocycles. The highest BCUT2D eigenvalue weighted by Gasteiger charge is 2.31. The van der Waals surface area contributed by atoms with Crippen LogP contribution in [0.1, 0.15) is 18.1 Å². The molecule has 0 aliphatic carbocycles. The maximum absolute atomic E-state index is 14.0. The Labute approximate surface area is 142 Å². The summed E-state index contributed by atoms with van der Waals surface area (Å²) >= 11 is 3.25. The molecule has 0 aromatic heterocycles. The van der Waals surface area contributed by atoms with Gasteiger partial charge in [0.1, 0.15) is 12.4 Å². The molecule has 0 spiro atoms. The van der Waals surface area contributed by atoms with Crippen LogP contribution in [0.2, 0.25) is 0 Å². The molecule has 2 rings (SSSR count). The van der Waals surface area contributed by atoms with Crippen LogP contribution in [0.5, 0.6) is 0 Å². The van der Waals surface area contributed by atoms with Gasteiger partial charge in [0.25, 0.3) is 0 Å². The lowest BCUT2D eigenvalue weighted by Gasteiger charge is -2.29. The Bertz CT molecular complexity index is 681.